The van der Waals surface area contributed by atoms with E-state index in [9.17, 15) is 9.18 Å². The molecule has 2 N–H and O–H groups in total. The van der Waals surface area contributed by atoms with Crippen molar-refractivity contribution in [3.8, 4) is 0 Å². The number of nitrogens with one attached hydrogen (secondary N) is 2. The van der Waals surface area contributed by atoms with Gasteiger partial charge in [-0.15, -0.1) is 0 Å². The predicted molar refractivity (Wildman–Crippen MR) is 81.1 cm³/mol. The number of benzene rings is 1. The second-order valence-electron chi connectivity index (χ2n) is 5.17. The number of carbonyl (C=O) groups is 1. The van der Waals surface area contributed by atoms with Crippen molar-refractivity contribution in [3.05, 3.63) is 54.1 Å². The minimum atomic E-state index is -0.354. The maximum atomic E-state index is 13.6. The molecule has 0 aliphatic heterocycles. The van der Waals surface area contributed by atoms with E-state index in [0.29, 0.717) is 29.4 Å². The molecule has 0 saturated carbocycles. The zero-order valence-electron chi connectivity index (χ0n) is 12.1. The zero-order chi connectivity index (χ0) is 15.2. The van der Waals surface area contributed by atoms with Gasteiger partial charge in [0.05, 0.1) is 23.1 Å². The van der Waals surface area contributed by atoms with Gasteiger partial charge in [0.2, 0.25) is 0 Å². The number of nitrogens with zero attached hydrogens (tertiary/aromatic N) is 1. The van der Waals surface area contributed by atoms with E-state index in [1.54, 1.807) is 30.5 Å². The molecule has 0 radical (unpaired) electrons. The third-order valence-electron chi connectivity index (χ3n) is 2.82. The first-order valence-electron chi connectivity index (χ1n) is 6.81. The van der Waals surface area contributed by atoms with Crippen LogP contribution in [0.3, 0.4) is 0 Å². The fourth-order valence-corrected chi connectivity index (χ4v) is 1.75. The van der Waals surface area contributed by atoms with Crippen molar-refractivity contribution in [1.29, 1.82) is 0 Å². The smallest absolute Gasteiger partial charge is 0.252 e. The van der Waals surface area contributed by atoms with Gasteiger partial charge in [-0.1, -0.05) is 26.0 Å². The van der Waals surface area contributed by atoms with E-state index in [2.05, 4.69) is 15.6 Å². The van der Waals surface area contributed by atoms with Crippen molar-refractivity contribution in [2.45, 2.75) is 13.8 Å². The molecule has 110 valence electrons. The number of halogens is 1. The predicted octanol–water partition coefficient (Wildman–Crippen LogP) is 3.35. The molecular weight excluding hydrogens is 269 g/mol. The highest BCUT2D eigenvalue weighted by molar-refractivity contribution is 5.94. The van der Waals surface area contributed by atoms with Crippen LogP contribution >= 0.6 is 0 Å². The Morgan fingerprint density at radius 1 is 1.29 bits per heavy atom. The summed E-state index contributed by atoms with van der Waals surface area (Å²) in [6, 6.07) is 8.00. The van der Waals surface area contributed by atoms with Crippen LogP contribution in [0.5, 0.6) is 0 Å². The van der Waals surface area contributed by atoms with E-state index in [0.717, 1.165) is 0 Å². The summed E-state index contributed by atoms with van der Waals surface area (Å²) in [4.78, 5) is 16.0. The Balaban J connectivity index is 2.11. The molecule has 1 amide bonds. The second-order valence-corrected chi connectivity index (χ2v) is 5.17. The number of hydrogen-bond acceptors (Lipinski definition) is 3. The molecular formula is C16H18FN3O. The minimum absolute atomic E-state index is 0.187. The van der Waals surface area contributed by atoms with Crippen LogP contribution in [0.25, 0.3) is 0 Å². The maximum absolute atomic E-state index is 13.6. The van der Waals surface area contributed by atoms with E-state index in [1.165, 1.54) is 12.3 Å². The van der Waals surface area contributed by atoms with E-state index < -0.39 is 0 Å². The standard InChI is InChI=1S/C16H18FN3O/c1-11(2)8-19-16(21)12-7-13(10-18-9-12)20-15-6-4-3-5-14(15)17/h3-7,9-11,20H,8H2,1-2H3,(H,19,21). The van der Waals surface area contributed by atoms with Gasteiger partial charge in [0.1, 0.15) is 5.82 Å². The molecule has 0 saturated heterocycles. The number of rotatable bonds is 5. The van der Waals surface area contributed by atoms with Crippen molar-refractivity contribution in [1.82, 2.24) is 10.3 Å². The lowest BCUT2D eigenvalue weighted by molar-refractivity contribution is 0.0948. The van der Waals surface area contributed by atoms with Crippen LogP contribution in [0.2, 0.25) is 0 Å². The molecule has 0 atom stereocenters. The van der Waals surface area contributed by atoms with Gasteiger partial charge in [0, 0.05) is 12.7 Å². The molecule has 2 rings (SSSR count). The largest absolute Gasteiger partial charge is 0.352 e. The van der Waals surface area contributed by atoms with Crippen molar-refractivity contribution < 1.29 is 9.18 Å². The van der Waals surface area contributed by atoms with E-state index in [1.807, 2.05) is 13.8 Å². The van der Waals surface area contributed by atoms with E-state index in [4.69, 9.17) is 0 Å². The summed E-state index contributed by atoms with van der Waals surface area (Å²) >= 11 is 0. The second kappa shape index (κ2) is 6.83. The first kappa shape index (κ1) is 15.0. The molecule has 1 heterocycles. The Hall–Kier alpha value is -2.43. The van der Waals surface area contributed by atoms with Crippen molar-refractivity contribution in [2.75, 3.05) is 11.9 Å². The quantitative estimate of drug-likeness (QED) is 0.886. The third kappa shape index (κ3) is 4.27. The molecule has 21 heavy (non-hydrogen) atoms. The lowest BCUT2D eigenvalue weighted by Gasteiger charge is -2.10. The molecule has 4 nitrogen and oxygen atoms in total. The van der Waals surface area contributed by atoms with Gasteiger partial charge in [-0.05, 0) is 24.1 Å². The monoisotopic (exact) mass is 287 g/mol. The number of carbonyl (C=O) groups excluding carboxylic acids is 1. The zero-order valence-corrected chi connectivity index (χ0v) is 12.1. The summed E-state index contributed by atoms with van der Waals surface area (Å²) in [7, 11) is 0. The summed E-state index contributed by atoms with van der Waals surface area (Å²) in [6.07, 6.45) is 3.04. The number of hydrogen-bond donors (Lipinski definition) is 2. The lowest BCUT2D eigenvalue weighted by Crippen LogP contribution is -2.27. The average molecular weight is 287 g/mol. The molecule has 5 heteroatoms. The molecule has 0 fully saturated rings. The normalized spacial score (nSPS) is 10.5. The Labute approximate surface area is 123 Å². The highest BCUT2D eigenvalue weighted by atomic mass is 19.1. The van der Waals surface area contributed by atoms with Gasteiger partial charge < -0.3 is 10.6 Å². The van der Waals surface area contributed by atoms with Gasteiger partial charge in [-0.3, -0.25) is 9.78 Å². The number of aromatic nitrogens is 1. The van der Waals surface area contributed by atoms with Crippen LogP contribution in [0, 0.1) is 11.7 Å². The van der Waals surface area contributed by atoms with Gasteiger partial charge in [0.15, 0.2) is 0 Å². The van der Waals surface area contributed by atoms with Crippen LogP contribution < -0.4 is 10.6 Å². The summed E-state index contributed by atoms with van der Waals surface area (Å²) in [5.74, 6) is -0.165. The molecule has 0 aliphatic rings. The van der Waals surface area contributed by atoms with Crippen molar-refractivity contribution in [3.63, 3.8) is 0 Å². The number of para-hydroxylation sites is 1. The number of amides is 1. The first-order chi connectivity index (χ1) is 10.1. The van der Waals surface area contributed by atoms with Gasteiger partial charge in [-0.25, -0.2) is 4.39 Å². The summed E-state index contributed by atoms with van der Waals surface area (Å²) in [6.45, 7) is 4.65. The summed E-state index contributed by atoms with van der Waals surface area (Å²) in [5, 5.41) is 5.73. The highest BCUT2D eigenvalue weighted by Crippen LogP contribution is 2.19. The lowest BCUT2D eigenvalue weighted by atomic mass is 10.2. The minimum Gasteiger partial charge on any atom is -0.352 e. The van der Waals surface area contributed by atoms with Crippen LogP contribution in [0.1, 0.15) is 24.2 Å². The molecule has 0 bridgehead atoms. The molecule has 0 aliphatic carbocycles. The topological polar surface area (TPSA) is 54.0 Å². The van der Waals surface area contributed by atoms with Crippen LogP contribution in [-0.2, 0) is 0 Å². The number of pyridine rings is 1. The van der Waals surface area contributed by atoms with Crippen LogP contribution in [0.15, 0.2) is 42.7 Å². The molecule has 1 aromatic carbocycles. The number of anilines is 2. The first-order valence-corrected chi connectivity index (χ1v) is 6.81. The van der Waals surface area contributed by atoms with Gasteiger partial charge >= 0.3 is 0 Å². The molecule has 2 aromatic rings. The molecule has 1 aromatic heterocycles. The molecule has 0 spiro atoms. The fourth-order valence-electron chi connectivity index (χ4n) is 1.75. The molecule has 0 unspecified atom stereocenters. The highest BCUT2D eigenvalue weighted by Gasteiger charge is 2.08. The van der Waals surface area contributed by atoms with Crippen LogP contribution in [-0.4, -0.2) is 17.4 Å². The SMILES string of the molecule is CC(C)CNC(=O)c1cncc(Nc2ccccc2F)c1. The van der Waals surface area contributed by atoms with E-state index >= 15 is 0 Å². The third-order valence-corrected chi connectivity index (χ3v) is 2.82. The Morgan fingerprint density at radius 2 is 2.05 bits per heavy atom. The maximum Gasteiger partial charge on any atom is 0.252 e. The van der Waals surface area contributed by atoms with E-state index in [-0.39, 0.29) is 11.7 Å². The van der Waals surface area contributed by atoms with Gasteiger partial charge in [0.25, 0.3) is 5.91 Å². The van der Waals surface area contributed by atoms with Crippen LogP contribution in [0.4, 0.5) is 15.8 Å². The van der Waals surface area contributed by atoms with Crippen molar-refractivity contribution >= 4 is 17.3 Å². The summed E-state index contributed by atoms with van der Waals surface area (Å²) in [5.41, 5.74) is 1.35. The Bertz CT molecular complexity index is 628. The fraction of sp³-hybridized carbons (Fsp3) is 0.250. The average Bonchev–Trinajstić information content (AvgIpc) is 2.47. The Kier molecular flexibility index (Phi) is 4.87. The van der Waals surface area contributed by atoms with Gasteiger partial charge in [-0.2, -0.15) is 0 Å². The van der Waals surface area contributed by atoms with Crippen molar-refractivity contribution in [2.24, 2.45) is 5.92 Å². The Morgan fingerprint density at radius 3 is 2.76 bits per heavy atom. The summed E-state index contributed by atoms with van der Waals surface area (Å²) < 4.78 is 13.6.